The van der Waals surface area contributed by atoms with Gasteiger partial charge in [-0.05, 0) is 66.6 Å². The summed E-state index contributed by atoms with van der Waals surface area (Å²) in [5.74, 6) is -1.56. The summed E-state index contributed by atoms with van der Waals surface area (Å²) >= 11 is 1.79. The fourth-order valence-electron chi connectivity index (χ4n) is 4.90. The predicted molar refractivity (Wildman–Crippen MR) is 152 cm³/mol. The van der Waals surface area contributed by atoms with Gasteiger partial charge in [0.1, 0.15) is 12.2 Å². The molecule has 0 saturated carbocycles. The minimum Gasteiger partial charge on any atom is -0.494 e. The number of benzene rings is 2. The summed E-state index contributed by atoms with van der Waals surface area (Å²) in [5.41, 5.74) is 1.54. The van der Waals surface area contributed by atoms with E-state index >= 15 is 0 Å². The first-order valence-corrected chi connectivity index (χ1v) is 13.9. The van der Waals surface area contributed by atoms with Gasteiger partial charge in [-0.25, -0.2) is 0 Å². The van der Waals surface area contributed by atoms with Crippen molar-refractivity contribution in [2.45, 2.75) is 26.0 Å². The van der Waals surface area contributed by atoms with Crippen LogP contribution in [0.3, 0.4) is 0 Å². The molecule has 204 valence electrons. The average molecular weight is 550 g/mol. The first-order chi connectivity index (χ1) is 19.0. The van der Waals surface area contributed by atoms with Crippen LogP contribution in [0.25, 0.3) is 21.0 Å². The molecule has 1 aliphatic rings. The number of carbonyl (C=O) groups excluding carboxylic acids is 1. The third-order valence-corrected chi connectivity index (χ3v) is 7.82. The zero-order valence-corrected chi connectivity index (χ0v) is 22.4. The summed E-state index contributed by atoms with van der Waals surface area (Å²) in [6.07, 6.45) is 1.17. The number of aliphatic carboxylic acids is 1. The van der Waals surface area contributed by atoms with Gasteiger partial charge in [0.15, 0.2) is 6.73 Å². The van der Waals surface area contributed by atoms with Crippen LogP contribution < -0.4 is 15.2 Å². The number of ether oxygens (including phenoxy) is 2. The van der Waals surface area contributed by atoms with E-state index < -0.39 is 18.4 Å². The van der Waals surface area contributed by atoms with E-state index in [-0.39, 0.29) is 12.3 Å². The van der Waals surface area contributed by atoms with Crippen LogP contribution >= 0.6 is 11.3 Å². The molecule has 9 nitrogen and oxygen atoms in total. The molecule has 2 aromatic heterocycles. The molecule has 1 saturated heterocycles. The number of carboxylic acid groups (broad SMARTS) is 1. The maximum Gasteiger partial charge on any atom is 0.318 e. The summed E-state index contributed by atoms with van der Waals surface area (Å²) in [6.45, 7) is 5.35. The van der Waals surface area contributed by atoms with Crippen molar-refractivity contribution in [1.29, 1.82) is 0 Å². The van der Waals surface area contributed by atoms with Crippen LogP contribution in [0.15, 0.2) is 64.8 Å². The van der Waals surface area contributed by atoms with Crippen molar-refractivity contribution in [2.24, 2.45) is 0 Å². The van der Waals surface area contributed by atoms with E-state index in [1.165, 1.54) is 26.4 Å². The third kappa shape index (κ3) is 6.58. The molecule has 1 N–H and O–H groups in total. The average Bonchev–Trinajstić information content (AvgIpc) is 3.41. The molecule has 0 spiro atoms. The Balaban J connectivity index is 1.08. The smallest absolute Gasteiger partial charge is 0.318 e. The van der Waals surface area contributed by atoms with Crippen LogP contribution in [0.2, 0.25) is 0 Å². The van der Waals surface area contributed by atoms with Gasteiger partial charge in [-0.15, -0.1) is 11.3 Å². The molecule has 10 heteroatoms. The van der Waals surface area contributed by atoms with Gasteiger partial charge in [0.2, 0.25) is 0 Å². The normalized spacial score (nSPS) is 14.1. The minimum absolute atomic E-state index is 0.352. The number of rotatable bonds is 11. The highest BCUT2D eigenvalue weighted by atomic mass is 32.1. The first kappa shape index (κ1) is 26.7. The van der Waals surface area contributed by atoms with E-state index in [9.17, 15) is 14.4 Å². The lowest BCUT2D eigenvalue weighted by Gasteiger charge is -2.36. The second kappa shape index (κ2) is 12.3. The monoisotopic (exact) mass is 549 g/mol. The summed E-state index contributed by atoms with van der Waals surface area (Å²) in [7, 11) is 0. The number of pyridine rings is 1. The minimum atomic E-state index is -1.28. The van der Waals surface area contributed by atoms with E-state index in [4.69, 9.17) is 14.6 Å². The zero-order chi connectivity index (χ0) is 27.2. The van der Waals surface area contributed by atoms with Crippen LogP contribution in [0.4, 0.5) is 5.69 Å². The van der Waals surface area contributed by atoms with Gasteiger partial charge >= 0.3 is 11.9 Å². The second-order valence-electron chi connectivity index (χ2n) is 9.53. The molecular weight excluding hydrogens is 518 g/mol. The lowest BCUT2D eigenvalue weighted by atomic mass is 10.2. The molecule has 0 amide bonds. The molecule has 5 rings (SSSR count). The van der Waals surface area contributed by atoms with E-state index in [1.807, 2.05) is 12.1 Å². The quantitative estimate of drug-likeness (QED) is 0.169. The fourth-order valence-corrected chi connectivity index (χ4v) is 5.70. The van der Waals surface area contributed by atoms with Crippen molar-refractivity contribution in [3.8, 4) is 5.75 Å². The highest BCUT2D eigenvalue weighted by Gasteiger charge is 2.18. The molecule has 2 aromatic carbocycles. The number of anilines is 1. The van der Waals surface area contributed by atoms with Gasteiger partial charge in [0, 0.05) is 54.1 Å². The molecule has 0 bridgehead atoms. The highest BCUT2D eigenvalue weighted by molar-refractivity contribution is 7.17. The number of aromatic nitrogens is 1. The second-order valence-corrected chi connectivity index (χ2v) is 10.5. The number of esters is 1. The van der Waals surface area contributed by atoms with E-state index in [1.54, 1.807) is 23.5 Å². The number of carboxylic acids is 1. The van der Waals surface area contributed by atoms with Crippen molar-refractivity contribution in [1.82, 2.24) is 9.47 Å². The van der Waals surface area contributed by atoms with Gasteiger partial charge in [-0.1, -0.05) is 6.07 Å². The standard InChI is InChI=1S/C29H31N3O6S/c33-27-9-7-21-6-8-22(18-25(21)32(27)20-38-29(36)19-28(34)35)37-16-2-1-11-30-12-14-31(15-13-30)24-4-3-5-26-23(24)10-17-39-26/h3-10,17-18H,1-2,11-16,19-20H2,(H,34,35). The summed E-state index contributed by atoms with van der Waals surface area (Å²) in [4.78, 5) is 39.7. The van der Waals surface area contributed by atoms with Gasteiger partial charge in [0.05, 0.1) is 12.1 Å². The Morgan fingerprint density at radius 2 is 1.79 bits per heavy atom. The van der Waals surface area contributed by atoms with Crippen LogP contribution in [0.1, 0.15) is 19.3 Å². The fraction of sp³-hybridized carbons (Fsp3) is 0.345. The molecular formula is C29H31N3O6S. The number of hydrogen-bond donors (Lipinski definition) is 1. The Hall–Kier alpha value is -3.89. The van der Waals surface area contributed by atoms with Gasteiger partial charge < -0.3 is 19.5 Å². The van der Waals surface area contributed by atoms with Crippen molar-refractivity contribution in [3.63, 3.8) is 0 Å². The molecule has 0 unspecified atom stereocenters. The van der Waals surface area contributed by atoms with Crippen molar-refractivity contribution < 1.29 is 24.2 Å². The van der Waals surface area contributed by atoms with Crippen molar-refractivity contribution >= 4 is 50.0 Å². The number of piperazine rings is 1. The van der Waals surface area contributed by atoms with Crippen molar-refractivity contribution in [3.05, 3.63) is 70.3 Å². The Morgan fingerprint density at radius 3 is 2.62 bits per heavy atom. The number of fused-ring (bicyclic) bond motifs is 2. The zero-order valence-electron chi connectivity index (χ0n) is 21.6. The maximum absolute atomic E-state index is 12.4. The molecule has 3 heterocycles. The summed E-state index contributed by atoms with van der Waals surface area (Å²) < 4.78 is 13.6. The Bertz CT molecular complexity index is 1520. The molecule has 1 fully saturated rings. The molecule has 0 radical (unpaired) electrons. The van der Waals surface area contributed by atoms with E-state index in [2.05, 4.69) is 39.4 Å². The van der Waals surface area contributed by atoms with E-state index in [0.717, 1.165) is 51.0 Å². The third-order valence-electron chi connectivity index (χ3n) is 6.94. The number of hydrogen-bond acceptors (Lipinski definition) is 8. The summed E-state index contributed by atoms with van der Waals surface area (Å²) in [6, 6.07) is 17.3. The van der Waals surface area contributed by atoms with Crippen LogP contribution in [0, 0.1) is 0 Å². The summed E-state index contributed by atoms with van der Waals surface area (Å²) in [5, 5.41) is 13.0. The molecule has 0 atom stereocenters. The van der Waals surface area contributed by atoms with Gasteiger partial charge in [-0.2, -0.15) is 0 Å². The Kier molecular flexibility index (Phi) is 8.43. The van der Waals surface area contributed by atoms with Gasteiger partial charge in [0.25, 0.3) is 5.56 Å². The number of thiophene rings is 1. The largest absolute Gasteiger partial charge is 0.494 e. The Labute approximate surface area is 229 Å². The Morgan fingerprint density at radius 1 is 0.974 bits per heavy atom. The van der Waals surface area contributed by atoms with Crippen LogP contribution in [-0.2, 0) is 21.1 Å². The lowest BCUT2D eigenvalue weighted by molar-refractivity contribution is -0.153. The van der Waals surface area contributed by atoms with Crippen molar-refractivity contribution in [2.75, 3.05) is 44.2 Å². The molecule has 1 aliphatic heterocycles. The predicted octanol–water partition coefficient (Wildman–Crippen LogP) is 4.17. The first-order valence-electron chi connectivity index (χ1n) is 13.1. The topological polar surface area (TPSA) is 101 Å². The maximum atomic E-state index is 12.4. The lowest BCUT2D eigenvalue weighted by Crippen LogP contribution is -2.46. The van der Waals surface area contributed by atoms with E-state index in [0.29, 0.717) is 17.9 Å². The number of nitrogens with zero attached hydrogens (tertiary/aromatic N) is 3. The van der Waals surface area contributed by atoms with Crippen LogP contribution in [-0.4, -0.2) is 65.8 Å². The molecule has 4 aromatic rings. The molecule has 0 aliphatic carbocycles. The molecule has 39 heavy (non-hydrogen) atoms. The van der Waals surface area contributed by atoms with Crippen LogP contribution in [0.5, 0.6) is 5.75 Å². The number of carbonyl (C=O) groups is 2. The SMILES string of the molecule is O=C(O)CC(=O)OCn1c(=O)ccc2ccc(OCCCCN3CCN(c4cccc5sccc45)CC3)cc21. The highest BCUT2D eigenvalue weighted by Crippen LogP contribution is 2.31. The number of unbranched alkanes of at least 4 members (excludes halogenated alkanes) is 1. The van der Waals surface area contributed by atoms with Gasteiger partial charge in [-0.3, -0.25) is 23.9 Å².